The summed E-state index contributed by atoms with van der Waals surface area (Å²) in [6.07, 6.45) is 0.299. The van der Waals surface area contributed by atoms with Gasteiger partial charge in [0.05, 0.1) is 6.42 Å². The maximum atomic E-state index is 11.8. The fourth-order valence-electron chi connectivity index (χ4n) is 1.72. The van der Waals surface area contributed by atoms with E-state index in [1.165, 1.54) is 0 Å². The summed E-state index contributed by atoms with van der Waals surface area (Å²) in [5.41, 5.74) is 1.90. The molecule has 98 valence electrons. The van der Waals surface area contributed by atoms with Crippen LogP contribution in [0.2, 0.25) is 5.02 Å². The van der Waals surface area contributed by atoms with Gasteiger partial charge in [-0.3, -0.25) is 4.79 Å². The average molecular weight is 339 g/mol. The molecule has 2 nitrogen and oxygen atoms in total. The lowest BCUT2D eigenvalue weighted by molar-refractivity contribution is -0.120. The second kappa shape index (κ2) is 6.73. The highest BCUT2D eigenvalue weighted by atomic mass is 79.9. The van der Waals surface area contributed by atoms with E-state index in [0.29, 0.717) is 18.0 Å². The molecule has 0 aromatic heterocycles. The van der Waals surface area contributed by atoms with E-state index in [2.05, 4.69) is 21.2 Å². The van der Waals surface area contributed by atoms with Crippen molar-refractivity contribution >= 4 is 33.4 Å². The zero-order valence-electron chi connectivity index (χ0n) is 10.2. The smallest absolute Gasteiger partial charge is 0.224 e. The largest absolute Gasteiger partial charge is 0.352 e. The molecule has 1 amide bonds. The molecule has 0 saturated heterocycles. The molecular formula is C15H13BrClNO. The molecule has 0 aliphatic carbocycles. The molecule has 0 bridgehead atoms. The van der Waals surface area contributed by atoms with Crippen LogP contribution in [0.5, 0.6) is 0 Å². The summed E-state index contributed by atoms with van der Waals surface area (Å²) in [5.74, 6) is -0.0342. The minimum absolute atomic E-state index is 0.0342. The molecule has 0 atom stereocenters. The SMILES string of the molecule is O=C(Cc1ccccc1Cl)NCc1cccc(Br)c1. The fraction of sp³-hybridized carbons (Fsp3) is 0.133. The number of hydrogen-bond acceptors (Lipinski definition) is 1. The molecule has 0 aliphatic heterocycles. The molecule has 2 aromatic carbocycles. The predicted octanol–water partition coefficient (Wildman–Crippen LogP) is 3.96. The monoisotopic (exact) mass is 337 g/mol. The minimum atomic E-state index is -0.0342. The summed E-state index contributed by atoms with van der Waals surface area (Å²) >= 11 is 9.42. The topological polar surface area (TPSA) is 29.1 Å². The van der Waals surface area contributed by atoms with Gasteiger partial charge in [0.2, 0.25) is 5.91 Å². The van der Waals surface area contributed by atoms with Crippen LogP contribution in [-0.4, -0.2) is 5.91 Å². The van der Waals surface area contributed by atoms with Gasteiger partial charge in [-0.1, -0.05) is 57.9 Å². The normalized spacial score (nSPS) is 10.2. The van der Waals surface area contributed by atoms with Gasteiger partial charge < -0.3 is 5.32 Å². The van der Waals surface area contributed by atoms with Crippen molar-refractivity contribution in [3.8, 4) is 0 Å². The van der Waals surface area contributed by atoms with Gasteiger partial charge in [-0.15, -0.1) is 0 Å². The van der Waals surface area contributed by atoms with Crippen molar-refractivity contribution in [3.05, 3.63) is 69.2 Å². The minimum Gasteiger partial charge on any atom is -0.352 e. The van der Waals surface area contributed by atoms with Crippen molar-refractivity contribution in [1.82, 2.24) is 5.32 Å². The molecule has 0 spiro atoms. The summed E-state index contributed by atoms with van der Waals surface area (Å²) < 4.78 is 1.00. The number of halogens is 2. The third kappa shape index (κ3) is 4.37. The van der Waals surface area contributed by atoms with E-state index in [-0.39, 0.29) is 5.91 Å². The first kappa shape index (κ1) is 14.1. The third-order valence-electron chi connectivity index (χ3n) is 2.69. The first-order valence-electron chi connectivity index (χ1n) is 5.90. The Morgan fingerprint density at radius 2 is 1.95 bits per heavy atom. The van der Waals surface area contributed by atoms with Crippen molar-refractivity contribution < 1.29 is 4.79 Å². The number of nitrogens with one attached hydrogen (secondary N) is 1. The van der Waals surface area contributed by atoms with Crippen LogP contribution in [0, 0.1) is 0 Å². The van der Waals surface area contributed by atoms with E-state index >= 15 is 0 Å². The van der Waals surface area contributed by atoms with Gasteiger partial charge in [0.25, 0.3) is 0 Å². The van der Waals surface area contributed by atoms with Crippen LogP contribution in [0.25, 0.3) is 0 Å². The first-order chi connectivity index (χ1) is 9.15. The Morgan fingerprint density at radius 1 is 1.16 bits per heavy atom. The maximum absolute atomic E-state index is 11.8. The van der Waals surface area contributed by atoms with Crippen LogP contribution in [0.3, 0.4) is 0 Å². The number of hydrogen-bond donors (Lipinski definition) is 1. The molecule has 0 radical (unpaired) electrons. The summed E-state index contributed by atoms with van der Waals surface area (Å²) in [6.45, 7) is 0.517. The van der Waals surface area contributed by atoms with E-state index in [9.17, 15) is 4.79 Å². The molecule has 0 fully saturated rings. The highest BCUT2D eigenvalue weighted by Crippen LogP contribution is 2.15. The Kier molecular flexibility index (Phi) is 5.00. The summed E-state index contributed by atoms with van der Waals surface area (Å²) in [6, 6.07) is 15.2. The second-order valence-corrected chi connectivity index (χ2v) is 5.50. The van der Waals surface area contributed by atoms with E-state index in [1.54, 1.807) is 6.07 Å². The molecule has 19 heavy (non-hydrogen) atoms. The molecule has 0 aliphatic rings. The Morgan fingerprint density at radius 3 is 2.68 bits per heavy atom. The summed E-state index contributed by atoms with van der Waals surface area (Å²) in [4.78, 5) is 11.8. The highest BCUT2D eigenvalue weighted by molar-refractivity contribution is 9.10. The van der Waals surface area contributed by atoms with E-state index in [0.717, 1.165) is 15.6 Å². The lowest BCUT2D eigenvalue weighted by Crippen LogP contribution is -2.24. The van der Waals surface area contributed by atoms with Gasteiger partial charge in [-0.2, -0.15) is 0 Å². The van der Waals surface area contributed by atoms with Crippen LogP contribution in [0.15, 0.2) is 53.0 Å². The summed E-state index contributed by atoms with van der Waals surface area (Å²) in [5, 5.41) is 3.51. The van der Waals surface area contributed by atoms with Gasteiger partial charge in [-0.25, -0.2) is 0 Å². The molecule has 0 unspecified atom stereocenters. The van der Waals surface area contributed by atoms with Crippen LogP contribution < -0.4 is 5.32 Å². The van der Waals surface area contributed by atoms with E-state index in [4.69, 9.17) is 11.6 Å². The predicted molar refractivity (Wildman–Crippen MR) is 81.1 cm³/mol. The molecule has 4 heteroatoms. The van der Waals surface area contributed by atoms with Crippen molar-refractivity contribution in [3.63, 3.8) is 0 Å². The molecule has 2 rings (SSSR count). The van der Waals surface area contributed by atoms with Crippen molar-refractivity contribution in [2.75, 3.05) is 0 Å². The van der Waals surface area contributed by atoms with Crippen LogP contribution in [0.4, 0.5) is 0 Å². The van der Waals surface area contributed by atoms with E-state index in [1.807, 2.05) is 42.5 Å². The Hall–Kier alpha value is -1.32. The van der Waals surface area contributed by atoms with Crippen LogP contribution >= 0.6 is 27.5 Å². The first-order valence-corrected chi connectivity index (χ1v) is 7.07. The zero-order chi connectivity index (χ0) is 13.7. The van der Waals surface area contributed by atoms with Crippen LogP contribution in [-0.2, 0) is 17.8 Å². The van der Waals surface area contributed by atoms with E-state index < -0.39 is 0 Å². The Bertz CT molecular complexity index is 586. The lowest BCUT2D eigenvalue weighted by atomic mass is 10.1. The molecule has 0 heterocycles. The van der Waals surface area contributed by atoms with Crippen molar-refractivity contribution in [2.24, 2.45) is 0 Å². The van der Waals surface area contributed by atoms with Gasteiger partial charge >= 0.3 is 0 Å². The third-order valence-corrected chi connectivity index (χ3v) is 3.55. The number of benzene rings is 2. The second-order valence-electron chi connectivity index (χ2n) is 4.17. The average Bonchev–Trinajstić information content (AvgIpc) is 2.39. The van der Waals surface area contributed by atoms with Crippen molar-refractivity contribution in [1.29, 1.82) is 0 Å². The fourth-order valence-corrected chi connectivity index (χ4v) is 2.37. The molecular weight excluding hydrogens is 326 g/mol. The number of amides is 1. The summed E-state index contributed by atoms with van der Waals surface area (Å²) in [7, 11) is 0. The quantitative estimate of drug-likeness (QED) is 0.898. The molecule has 0 saturated carbocycles. The number of carbonyl (C=O) groups is 1. The zero-order valence-corrected chi connectivity index (χ0v) is 12.5. The van der Waals surface area contributed by atoms with Gasteiger partial charge in [0, 0.05) is 16.0 Å². The van der Waals surface area contributed by atoms with Crippen molar-refractivity contribution in [2.45, 2.75) is 13.0 Å². The van der Waals surface area contributed by atoms with Gasteiger partial charge in [0.15, 0.2) is 0 Å². The number of carbonyl (C=O) groups excluding carboxylic acids is 1. The molecule has 1 N–H and O–H groups in total. The number of rotatable bonds is 4. The van der Waals surface area contributed by atoms with Gasteiger partial charge in [-0.05, 0) is 29.3 Å². The Labute approximate surface area is 125 Å². The standard InChI is InChI=1S/C15H13BrClNO/c16-13-6-3-4-11(8-13)10-18-15(19)9-12-5-1-2-7-14(12)17/h1-8H,9-10H2,(H,18,19). The highest BCUT2D eigenvalue weighted by Gasteiger charge is 2.06. The van der Waals surface area contributed by atoms with Crippen LogP contribution in [0.1, 0.15) is 11.1 Å². The van der Waals surface area contributed by atoms with Gasteiger partial charge in [0.1, 0.15) is 0 Å². The molecule has 2 aromatic rings. The Balaban J connectivity index is 1.90. The maximum Gasteiger partial charge on any atom is 0.224 e. The lowest BCUT2D eigenvalue weighted by Gasteiger charge is -2.07.